The molecule has 18 heavy (non-hydrogen) atoms. The molecule has 0 saturated carbocycles. The number of hydrogen-bond acceptors (Lipinski definition) is 3. The Morgan fingerprint density at radius 3 is 2.89 bits per heavy atom. The van der Waals surface area contributed by atoms with Gasteiger partial charge in [-0.3, -0.25) is 4.79 Å². The van der Waals surface area contributed by atoms with Crippen molar-refractivity contribution in [1.29, 1.82) is 0 Å². The van der Waals surface area contributed by atoms with Crippen molar-refractivity contribution < 1.29 is 14.4 Å². The van der Waals surface area contributed by atoms with Gasteiger partial charge in [0.05, 0.1) is 5.56 Å². The molecule has 0 atom stereocenters. The Balaban J connectivity index is 2.46. The lowest BCUT2D eigenvalue weighted by atomic mass is 10.1. The van der Waals surface area contributed by atoms with Gasteiger partial charge in [-0.05, 0) is 31.0 Å². The first kappa shape index (κ1) is 14.0. The Hall–Kier alpha value is -2.11. The maximum absolute atomic E-state index is 13.5. The molecule has 0 radical (unpaired) electrons. The second-order valence-corrected chi connectivity index (χ2v) is 3.93. The van der Waals surface area contributed by atoms with Crippen molar-refractivity contribution in [2.45, 2.75) is 19.8 Å². The molecule has 4 N–H and O–H groups in total. The van der Waals surface area contributed by atoms with Crippen LogP contribution in [0.5, 0.6) is 0 Å². The van der Waals surface area contributed by atoms with Crippen LogP contribution in [0.25, 0.3) is 0 Å². The van der Waals surface area contributed by atoms with Gasteiger partial charge in [-0.25, -0.2) is 4.39 Å². The van der Waals surface area contributed by atoms with Gasteiger partial charge in [0.15, 0.2) is 0 Å². The maximum atomic E-state index is 13.5. The monoisotopic (exact) mass is 253 g/mol. The normalized spacial score (nSPS) is 11.3. The molecule has 1 aromatic carbocycles. The summed E-state index contributed by atoms with van der Waals surface area (Å²) in [5.74, 6) is -0.901. The van der Waals surface area contributed by atoms with E-state index in [4.69, 9.17) is 10.9 Å². The highest BCUT2D eigenvalue weighted by Crippen LogP contribution is 2.09. The van der Waals surface area contributed by atoms with Crippen molar-refractivity contribution in [1.82, 2.24) is 5.32 Å². The van der Waals surface area contributed by atoms with Crippen LogP contribution in [-0.4, -0.2) is 23.5 Å². The lowest BCUT2D eigenvalue weighted by Crippen LogP contribution is -2.26. The summed E-state index contributed by atoms with van der Waals surface area (Å²) in [5, 5.41) is 13.7. The molecule has 0 aliphatic carbocycles. The number of carbonyl (C=O) groups excluding carboxylic acids is 1. The molecule has 0 aliphatic rings. The van der Waals surface area contributed by atoms with Gasteiger partial charge in [-0.1, -0.05) is 11.2 Å². The summed E-state index contributed by atoms with van der Waals surface area (Å²) in [5.41, 5.74) is 6.05. The van der Waals surface area contributed by atoms with Gasteiger partial charge in [0.1, 0.15) is 11.7 Å². The van der Waals surface area contributed by atoms with Crippen LogP contribution in [0.3, 0.4) is 0 Å². The molecule has 0 heterocycles. The molecule has 0 saturated heterocycles. The molecule has 0 aliphatic heterocycles. The third-order valence-corrected chi connectivity index (χ3v) is 2.39. The van der Waals surface area contributed by atoms with E-state index in [0.717, 1.165) is 5.56 Å². The number of nitrogens with two attached hydrogens (primary N) is 1. The SMILES string of the molecule is Cc1ccc(C(=O)NCCCC(N)=NO)c(F)c1. The summed E-state index contributed by atoms with van der Waals surface area (Å²) in [6, 6.07) is 4.43. The molecule has 1 amide bonds. The third kappa shape index (κ3) is 4.04. The zero-order valence-electron chi connectivity index (χ0n) is 10.1. The van der Waals surface area contributed by atoms with Crippen LogP contribution in [0.15, 0.2) is 23.4 Å². The number of oxime groups is 1. The van der Waals surface area contributed by atoms with Crippen molar-refractivity contribution in [3.8, 4) is 0 Å². The molecule has 1 rings (SSSR count). The number of carbonyl (C=O) groups is 1. The Morgan fingerprint density at radius 2 is 2.28 bits per heavy atom. The van der Waals surface area contributed by atoms with E-state index in [1.807, 2.05) is 0 Å². The summed E-state index contributed by atoms with van der Waals surface area (Å²) in [6.07, 6.45) is 0.891. The number of nitrogens with one attached hydrogen (secondary N) is 1. The van der Waals surface area contributed by atoms with E-state index in [9.17, 15) is 9.18 Å². The van der Waals surface area contributed by atoms with E-state index in [-0.39, 0.29) is 11.4 Å². The first-order valence-electron chi connectivity index (χ1n) is 5.55. The molecule has 0 bridgehead atoms. The molecule has 6 heteroatoms. The number of amides is 1. The molecular formula is C12H16FN3O2. The molecular weight excluding hydrogens is 237 g/mol. The average Bonchev–Trinajstić information content (AvgIpc) is 2.34. The number of benzene rings is 1. The van der Waals surface area contributed by atoms with Crippen LogP contribution in [-0.2, 0) is 0 Å². The number of halogens is 1. The van der Waals surface area contributed by atoms with Crippen LogP contribution in [0.4, 0.5) is 4.39 Å². The minimum Gasteiger partial charge on any atom is -0.409 e. The highest BCUT2D eigenvalue weighted by Gasteiger charge is 2.10. The number of nitrogens with zero attached hydrogens (tertiary/aromatic N) is 1. The van der Waals surface area contributed by atoms with Crippen LogP contribution < -0.4 is 11.1 Å². The minimum absolute atomic E-state index is 0.0180. The Bertz CT molecular complexity index is 461. The molecule has 0 fully saturated rings. The van der Waals surface area contributed by atoms with Crippen molar-refractivity contribution in [3.05, 3.63) is 35.1 Å². The standard InChI is InChI=1S/C12H16FN3O2/c1-8-4-5-9(10(13)7-8)12(17)15-6-2-3-11(14)16-18/h4-5,7,18H,2-3,6H2,1H3,(H2,14,16)(H,15,17). The van der Waals surface area contributed by atoms with Crippen molar-refractivity contribution in [3.63, 3.8) is 0 Å². The Labute approximate surface area is 104 Å². The highest BCUT2D eigenvalue weighted by molar-refractivity contribution is 5.94. The molecule has 1 aromatic rings. The molecule has 0 aromatic heterocycles. The zero-order valence-corrected chi connectivity index (χ0v) is 10.1. The summed E-state index contributed by atoms with van der Waals surface area (Å²) in [4.78, 5) is 11.6. The predicted octanol–water partition coefficient (Wildman–Crippen LogP) is 1.39. The van der Waals surface area contributed by atoms with E-state index in [1.54, 1.807) is 13.0 Å². The first-order chi connectivity index (χ1) is 8.54. The van der Waals surface area contributed by atoms with E-state index < -0.39 is 11.7 Å². The van der Waals surface area contributed by atoms with Gasteiger partial charge in [-0.15, -0.1) is 0 Å². The molecule has 98 valence electrons. The molecule has 5 nitrogen and oxygen atoms in total. The summed E-state index contributed by atoms with van der Waals surface area (Å²) >= 11 is 0. The van der Waals surface area contributed by atoms with Gasteiger partial charge >= 0.3 is 0 Å². The van der Waals surface area contributed by atoms with Crippen molar-refractivity contribution in [2.75, 3.05) is 6.54 Å². The van der Waals surface area contributed by atoms with E-state index in [2.05, 4.69) is 10.5 Å². The quantitative estimate of drug-likeness (QED) is 0.243. The van der Waals surface area contributed by atoms with Gasteiger partial charge in [-0.2, -0.15) is 0 Å². The fraction of sp³-hybridized carbons (Fsp3) is 0.333. The second kappa shape index (κ2) is 6.58. The first-order valence-corrected chi connectivity index (χ1v) is 5.55. The Morgan fingerprint density at radius 1 is 1.56 bits per heavy atom. The van der Waals surface area contributed by atoms with Gasteiger partial charge < -0.3 is 16.3 Å². The number of amidine groups is 1. The van der Waals surface area contributed by atoms with E-state index in [0.29, 0.717) is 19.4 Å². The third-order valence-electron chi connectivity index (χ3n) is 2.39. The van der Waals surface area contributed by atoms with E-state index in [1.165, 1.54) is 12.1 Å². The fourth-order valence-electron chi connectivity index (χ4n) is 1.42. The van der Waals surface area contributed by atoms with Crippen LogP contribution >= 0.6 is 0 Å². The zero-order chi connectivity index (χ0) is 13.5. The summed E-state index contributed by atoms with van der Waals surface area (Å²) in [6.45, 7) is 2.09. The average molecular weight is 253 g/mol. The van der Waals surface area contributed by atoms with Gasteiger partial charge in [0, 0.05) is 13.0 Å². The van der Waals surface area contributed by atoms with Crippen LogP contribution in [0.2, 0.25) is 0 Å². The number of hydrogen-bond donors (Lipinski definition) is 3. The largest absolute Gasteiger partial charge is 0.409 e. The minimum atomic E-state index is -0.538. The fourth-order valence-corrected chi connectivity index (χ4v) is 1.42. The van der Waals surface area contributed by atoms with Crippen LogP contribution in [0.1, 0.15) is 28.8 Å². The molecule has 0 unspecified atom stereocenters. The molecule has 0 spiro atoms. The number of rotatable bonds is 5. The van der Waals surface area contributed by atoms with E-state index >= 15 is 0 Å². The van der Waals surface area contributed by atoms with Crippen molar-refractivity contribution >= 4 is 11.7 Å². The van der Waals surface area contributed by atoms with Gasteiger partial charge in [0.25, 0.3) is 5.91 Å². The topological polar surface area (TPSA) is 87.7 Å². The van der Waals surface area contributed by atoms with Gasteiger partial charge in [0.2, 0.25) is 0 Å². The maximum Gasteiger partial charge on any atom is 0.254 e. The Kier molecular flexibility index (Phi) is 5.10. The summed E-state index contributed by atoms with van der Waals surface area (Å²) in [7, 11) is 0. The lowest BCUT2D eigenvalue weighted by Gasteiger charge is -2.06. The lowest BCUT2D eigenvalue weighted by molar-refractivity contribution is 0.0949. The van der Waals surface area contributed by atoms with Crippen molar-refractivity contribution in [2.24, 2.45) is 10.9 Å². The summed E-state index contributed by atoms with van der Waals surface area (Å²) < 4.78 is 13.5. The predicted molar refractivity (Wildman–Crippen MR) is 66.1 cm³/mol. The second-order valence-electron chi connectivity index (χ2n) is 3.93. The number of aryl methyl sites for hydroxylation is 1. The van der Waals surface area contributed by atoms with Crippen LogP contribution in [0, 0.1) is 12.7 Å². The highest BCUT2D eigenvalue weighted by atomic mass is 19.1. The smallest absolute Gasteiger partial charge is 0.254 e.